The second kappa shape index (κ2) is 5.11. The largest absolute Gasteiger partial charge is 0.361 e. The molecule has 0 aromatic rings. The van der Waals surface area contributed by atoms with Crippen LogP contribution in [0.5, 0.6) is 0 Å². The molecule has 0 saturated carbocycles. The van der Waals surface area contributed by atoms with Crippen LogP contribution in [-0.4, -0.2) is 37.2 Å². The second-order valence-electron chi connectivity index (χ2n) is 3.98. The van der Waals surface area contributed by atoms with Gasteiger partial charge in [-0.05, 0) is 18.4 Å². The van der Waals surface area contributed by atoms with Crippen molar-refractivity contribution in [3.8, 4) is 6.07 Å². The summed E-state index contributed by atoms with van der Waals surface area (Å²) in [6, 6.07) is 2.17. The van der Waals surface area contributed by atoms with Gasteiger partial charge in [-0.15, -0.1) is 0 Å². The molecular formula is C12H16N2O. The van der Waals surface area contributed by atoms with Gasteiger partial charge in [-0.2, -0.15) is 5.26 Å². The molecule has 0 aromatic heterocycles. The highest BCUT2D eigenvalue weighted by Crippen LogP contribution is 2.13. The summed E-state index contributed by atoms with van der Waals surface area (Å²) >= 11 is 0. The first-order valence-electron chi connectivity index (χ1n) is 5.47. The van der Waals surface area contributed by atoms with E-state index in [1.807, 2.05) is 0 Å². The van der Waals surface area contributed by atoms with Crippen molar-refractivity contribution < 1.29 is 4.74 Å². The number of hydrogen-bond acceptors (Lipinski definition) is 3. The van der Waals surface area contributed by atoms with Crippen molar-refractivity contribution >= 4 is 0 Å². The van der Waals surface area contributed by atoms with E-state index < -0.39 is 0 Å². The van der Waals surface area contributed by atoms with Gasteiger partial charge < -0.3 is 4.74 Å². The smallest absolute Gasteiger partial charge is 0.156 e. The highest BCUT2D eigenvalue weighted by atomic mass is 16.5. The summed E-state index contributed by atoms with van der Waals surface area (Å²) in [5, 5.41) is 8.78. The molecule has 0 spiro atoms. The van der Waals surface area contributed by atoms with Gasteiger partial charge in [0.15, 0.2) is 6.10 Å². The molecule has 1 unspecified atom stereocenters. The van der Waals surface area contributed by atoms with E-state index >= 15 is 0 Å². The van der Waals surface area contributed by atoms with Crippen LogP contribution in [0.15, 0.2) is 23.8 Å². The minimum Gasteiger partial charge on any atom is -0.361 e. The van der Waals surface area contributed by atoms with E-state index in [2.05, 4.69) is 29.2 Å². The van der Waals surface area contributed by atoms with E-state index in [1.54, 1.807) is 0 Å². The first kappa shape index (κ1) is 10.4. The van der Waals surface area contributed by atoms with Crippen molar-refractivity contribution in [3.05, 3.63) is 23.8 Å². The molecular weight excluding hydrogens is 188 g/mol. The molecule has 1 saturated heterocycles. The molecule has 15 heavy (non-hydrogen) atoms. The minimum absolute atomic E-state index is 0.244. The Morgan fingerprint density at radius 1 is 1.53 bits per heavy atom. The average molecular weight is 204 g/mol. The van der Waals surface area contributed by atoms with Crippen LogP contribution in [0.4, 0.5) is 0 Å². The van der Waals surface area contributed by atoms with Crippen molar-refractivity contribution in [1.82, 2.24) is 4.90 Å². The van der Waals surface area contributed by atoms with Crippen LogP contribution >= 0.6 is 0 Å². The van der Waals surface area contributed by atoms with Crippen molar-refractivity contribution in [2.24, 2.45) is 0 Å². The van der Waals surface area contributed by atoms with Crippen LogP contribution in [-0.2, 0) is 4.74 Å². The number of nitriles is 1. The van der Waals surface area contributed by atoms with Crippen LogP contribution in [0.25, 0.3) is 0 Å². The number of allylic oxidation sites excluding steroid dienone is 2. The topological polar surface area (TPSA) is 36.3 Å². The standard InChI is InChI=1S/C12H16N2O/c13-8-12-10-14(6-7-15-12)9-11-4-2-1-3-5-11/h2,4-5,12H,1,3,6-7,9-10H2. The van der Waals surface area contributed by atoms with Gasteiger partial charge in [-0.1, -0.05) is 18.2 Å². The lowest BCUT2D eigenvalue weighted by Gasteiger charge is -2.30. The van der Waals surface area contributed by atoms with Crippen LogP contribution < -0.4 is 0 Å². The van der Waals surface area contributed by atoms with Crippen molar-refractivity contribution in [2.45, 2.75) is 18.9 Å². The average Bonchev–Trinajstić information content (AvgIpc) is 2.31. The number of rotatable bonds is 2. The Morgan fingerprint density at radius 2 is 2.47 bits per heavy atom. The lowest BCUT2D eigenvalue weighted by Crippen LogP contribution is -2.42. The molecule has 0 aromatic carbocycles. The van der Waals surface area contributed by atoms with E-state index in [4.69, 9.17) is 10.00 Å². The Morgan fingerprint density at radius 3 is 3.20 bits per heavy atom. The zero-order valence-corrected chi connectivity index (χ0v) is 8.85. The van der Waals surface area contributed by atoms with Gasteiger partial charge in [0, 0.05) is 19.6 Å². The van der Waals surface area contributed by atoms with Crippen molar-refractivity contribution in [3.63, 3.8) is 0 Å². The lowest BCUT2D eigenvalue weighted by molar-refractivity contribution is 0.00445. The summed E-state index contributed by atoms with van der Waals surface area (Å²) in [6.07, 6.45) is 8.77. The van der Waals surface area contributed by atoms with Gasteiger partial charge >= 0.3 is 0 Å². The SMILES string of the molecule is N#CC1CN(CC2=CCCC=C2)CCO1. The first-order chi connectivity index (χ1) is 7.38. The van der Waals surface area contributed by atoms with Crippen LogP contribution in [0, 0.1) is 11.3 Å². The predicted octanol–water partition coefficient (Wildman–Crippen LogP) is 1.49. The molecule has 1 fully saturated rings. The summed E-state index contributed by atoms with van der Waals surface area (Å²) < 4.78 is 5.31. The van der Waals surface area contributed by atoms with E-state index in [9.17, 15) is 0 Å². The van der Waals surface area contributed by atoms with Gasteiger partial charge in [-0.3, -0.25) is 4.90 Å². The molecule has 2 rings (SSSR count). The summed E-state index contributed by atoms with van der Waals surface area (Å²) in [6.45, 7) is 3.30. The van der Waals surface area contributed by atoms with Gasteiger partial charge in [0.05, 0.1) is 12.7 Å². The fourth-order valence-electron chi connectivity index (χ4n) is 1.97. The molecule has 1 aliphatic heterocycles. The highest BCUT2D eigenvalue weighted by molar-refractivity contribution is 5.23. The molecule has 80 valence electrons. The monoisotopic (exact) mass is 204 g/mol. The minimum atomic E-state index is -0.244. The first-order valence-corrected chi connectivity index (χ1v) is 5.47. The van der Waals surface area contributed by atoms with Crippen molar-refractivity contribution in [1.29, 1.82) is 5.26 Å². The van der Waals surface area contributed by atoms with Crippen molar-refractivity contribution in [2.75, 3.05) is 26.2 Å². The summed E-state index contributed by atoms with van der Waals surface area (Å²) in [4.78, 5) is 2.29. The second-order valence-corrected chi connectivity index (χ2v) is 3.98. The van der Waals surface area contributed by atoms with Gasteiger partial charge in [0.2, 0.25) is 0 Å². The maximum Gasteiger partial charge on any atom is 0.156 e. The predicted molar refractivity (Wildman–Crippen MR) is 58.3 cm³/mol. The number of nitrogens with zero attached hydrogens (tertiary/aromatic N) is 2. The Bertz CT molecular complexity index is 314. The maximum absolute atomic E-state index is 8.78. The third kappa shape index (κ3) is 2.92. The number of hydrogen-bond donors (Lipinski definition) is 0. The normalized spacial score (nSPS) is 27.1. The van der Waals surface area contributed by atoms with Crippen LogP contribution in [0.3, 0.4) is 0 Å². The van der Waals surface area contributed by atoms with Crippen LogP contribution in [0.1, 0.15) is 12.8 Å². The molecule has 1 heterocycles. The van der Waals surface area contributed by atoms with E-state index in [1.165, 1.54) is 5.57 Å². The quantitative estimate of drug-likeness (QED) is 0.683. The molecule has 0 N–H and O–H groups in total. The summed E-state index contributed by atoms with van der Waals surface area (Å²) in [5.74, 6) is 0. The fourth-order valence-corrected chi connectivity index (χ4v) is 1.97. The fraction of sp³-hybridized carbons (Fsp3) is 0.583. The lowest BCUT2D eigenvalue weighted by atomic mass is 10.1. The Kier molecular flexibility index (Phi) is 3.54. The van der Waals surface area contributed by atoms with E-state index in [0.29, 0.717) is 6.61 Å². The van der Waals surface area contributed by atoms with E-state index in [-0.39, 0.29) is 6.10 Å². The molecule has 1 atom stereocenters. The Labute approximate surface area is 90.6 Å². The molecule has 0 bridgehead atoms. The Hall–Kier alpha value is -1.11. The number of ether oxygens (including phenoxy) is 1. The van der Waals surface area contributed by atoms with E-state index in [0.717, 1.165) is 32.5 Å². The van der Waals surface area contributed by atoms with Crippen LogP contribution in [0.2, 0.25) is 0 Å². The molecule has 3 nitrogen and oxygen atoms in total. The summed E-state index contributed by atoms with van der Waals surface area (Å²) in [7, 11) is 0. The molecule has 2 aliphatic rings. The van der Waals surface area contributed by atoms with Gasteiger partial charge in [0.1, 0.15) is 0 Å². The number of morpholine rings is 1. The maximum atomic E-state index is 8.78. The van der Waals surface area contributed by atoms with Gasteiger partial charge in [0.25, 0.3) is 0 Å². The molecule has 3 heteroatoms. The third-order valence-electron chi connectivity index (χ3n) is 2.77. The summed E-state index contributed by atoms with van der Waals surface area (Å²) in [5.41, 5.74) is 1.37. The molecule has 1 aliphatic carbocycles. The Balaban J connectivity index is 1.86. The molecule has 0 amide bonds. The third-order valence-corrected chi connectivity index (χ3v) is 2.77. The zero-order chi connectivity index (χ0) is 10.5. The molecule has 0 radical (unpaired) electrons. The van der Waals surface area contributed by atoms with Gasteiger partial charge in [-0.25, -0.2) is 0 Å². The zero-order valence-electron chi connectivity index (χ0n) is 8.85. The highest BCUT2D eigenvalue weighted by Gasteiger charge is 2.19.